The summed E-state index contributed by atoms with van der Waals surface area (Å²) >= 11 is 0. The van der Waals surface area contributed by atoms with Gasteiger partial charge < -0.3 is 9.80 Å². The molecule has 120 valence electrons. The van der Waals surface area contributed by atoms with Crippen molar-refractivity contribution in [1.82, 2.24) is 9.97 Å². The fraction of sp³-hybridized carbons (Fsp3) is 0.474. The summed E-state index contributed by atoms with van der Waals surface area (Å²) in [5.74, 6) is 1.79. The number of nitrogens with zero attached hydrogens (tertiary/aromatic N) is 4. The zero-order valence-corrected chi connectivity index (χ0v) is 14.0. The van der Waals surface area contributed by atoms with Crippen LogP contribution >= 0.6 is 0 Å². The second-order valence-electron chi connectivity index (χ2n) is 6.84. The molecule has 1 saturated carbocycles. The zero-order chi connectivity index (χ0) is 15.8. The molecule has 4 rings (SSSR count). The van der Waals surface area contributed by atoms with Gasteiger partial charge in [-0.25, -0.2) is 9.97 Å². The lowest BCUT2D eigenvalue weighted by molar-refractivity contribution is 0.645. The molecule has 1 saturated heterocycles. The van der Waals surface area contributed by atoms with Gasteiger partial charge >= 0.3 is 0 Å². The molecule has 2 aromatic rings. The molecule has 1 aromatic carbocycles. The van der Waals surface area contributed by atoms with E-state index >= 15 is 0 Å². The van der Waals surface area contributed by atoms with Gasteiger partial charge in [0.2, 0.25) is 0 Å². The number of hydrogen-bond donors (Lipinski definition) is 0. The van der Waals surface area contributed by atoms with Gasteiger partial charge in [0.05, 0.1) is 0 Å². The summed E-state index contributed by atoms with van der Waals surface area (Å²) in [7, 11) is 0. The van der Waals surface area contributed by atoms with E-state index in [0.717, 1.165) is 32.0 Å². The van der Waals surface area contributed by atoms with E-state index < -0.39 is 0 Å². The molecule has 1 aliphatic carbocycles. The molecule has 2 heterocycles. The fourth-order valence-electron chi connectivity index (χ4n) is 3.47. The summed E-state index contributed by atoms with van der Waals surface area (Å²) in [6.07, 6.45) is 4.31. The third-order valence-corrected chi connectivity index (χ3v) is 4.97. The third kappa shape index (κ3) is 3.03. The second-order valence-corrected chi connectivity index (χ2v) is 6.84. The summed E-state index contributed by atoms with van der Waals surface area (Å²) in [5, 5.41) is 0. The van der Waals surface area contributed by atoms with Crippen LogP contribution in [0.3, 0.4) is 0 Å². The molecule has 4 nitrogen and oxygen atoms in total. The molecule has 23 heavy (non-hydrogen) atoms. The number of aryl methyl sites for hydroxylation is 2. The first kappa shape index (κ1) is 14.5. The molecular formula is C19H24N4. The van der Waals surface area contributed by atoms with Crippen molar-refractivity contribution in [3.63, 3.8) is 0 Å². The maximum absolute atomic E-state index is 4.50. The van der Waals surface area contributed by atoms with Gasteiger partial charge in [0, 0.05) is 49.5 Å². The van der Waals surface area contributed by atoms with Crippen molar-refractivity contribution in [2.75, 3.05) is 36.0 Å². The van der Waals surface area contributed by atoms with Crippen LogP contribution in [0.25, 0.3) is 0 Å². The normalized spacial score (nSPS) is 18.3. The average Bonchev–Trinajstić information content (AvgIpc) is 3.40. The van der Waals surface area contributed by atoms with Gasteiger partial charge in [0.15, 0.2) is 0 Å². The van der Waals surface area contributed by atoms with Crippen LogP contribution in [0, 0.1) is 13.8 Å². The van der Waals surface area contributed by atoms with E-state index in [1.807, 2.05) is 0 Å². The summed E-state index contributed by atoms with van der Waals surface area (Å²) in [6.45, 7) is 8.50. The molecule has 0 radical (unpaired) electrons. The Kier molecular flexibility index (Phi) is 3.68. The van der Waals surface area contributed by atoms with E-state index in [-0.39, 0.29) is 0 Å². The maximum atomic E-state index is 4.50. The molecule has 2 aliphatic rings. The molecule has 0 amide bonds. The van der Waals surface area contributed by atoms with Crippen LogP contribution in [0.2, 0.25) is 0 Å². The number of hydrogen-bond acceptors (Lipinski definition) is 4. The Labute approximate surface area is 138 Å². The largest absolute Gasteiger partial charge is 0.368 e. The van der Waals surface area contributed by atoms with Crippen molar-refractivity contribution in [3.8, 4) is 0 Å². The third-order valence-electron chi connectivity index (χ3n) is 4.97. The Hall–Kier alpha value is -2.10. The van der Waals surface area contributed by atoms with Gasteiger partial charge in [0.1, 0.15) is 12.1 Å². The molecule has 0 N–H and O–H groups in total. The molecular weight excluding hydrogens is 284 g/mol. The van der Waals surface area contributed by atoms with Gasteiger partial charge in [0.25, 0.3) is 0 Å². The lowest BCUT2D eigenvalue weighted by Crippen LogP contribution is -2.47. The highest BCUT2D eigenvalue weighted by molar-refractivity contribution is 5.56. The van der Waals surface area contributed by atoms with Crippen molar-refractivity contribution in [1.29, 1.82) is 0 Å². The number of piperazine rings is 1. The first-order valence-electron chi connectivity index (χ1n) is 8.60. The van der Waals surface area contributed by atoms with Gasteiger partial charge in [-0.05, 0) is 38.3 Å². The van der Waals surface area contributed by atoms with Crippen molar-refractivity contribution >= 4 is 11.5 Å². The van der Waals surface area contributed by atoms with Crippen molar-refractivity contribution < 1.29 is 0 Å². The topological polar surface area (TPSA) is 32.3 Å². The predicted molar refractivity (Wildman–Crippen MR) is 94.3 cm³/mol. The van der Waals surface area contributed by atoms with E-state index in [0.29, 0.717) is 5.92 Å². The van der Waals surface area contributed by atoms with Gasteiger partial charge in [-0.15, -0.1) is 0 Å². The molecule has 0 unspecified atom stereocenters. The minimum absolute atomic E-state index is 0.688. The molecule has 2 fully saturated rings. The highest BCUT2D eigenvalue weighted by Gasteiger charge is 2.26. The average molecular weight is 308 g/mol. The monoisotopic (exact) mass is 308 g/mol. The van der Waals surface area contributed by atoms with Crippen LogP contribution < -0.4 is 9.80 Å². The van der Waals surface area contributed by atoms with Gasteiger partial charge in [-0.2, -0.15) is 0 Å². The summed E-state index contributed by atoms with van der Waals surface area (Å²) in [4.78, 5) is 13.8. The van der Waals surface area contributed by atoms with Crippen LogP contribution in [0.15, 0.2) is 30.6 Å². The molecule has 1 aliphatic heterocycles. The smallest absolute Gasteiger partial charge is 0.132 e. The molecule has 0 atom stereocenters. The number of rotatable bonds is 3. The lowest BCUT2D eigenvalue weighted by Gasteiger charge is -2.37. The summed E-state index contributed by atoms with van der Waals surface area (Å²) < 4.78 is 0. The minimum atomic E-state index is 0.688. The standard InChI is InChI=1S/C19H24N4/c1-14-3-6-18(15(2)11-14)22-7-9-23(10-8-22)19-12-17(16-4-5-16)20-13-21-19/h3,6,11-13,16H,4-5,7-10H2,1-2H3. The number of aromatic nitrogens is 2. The number of anilines is 2. The van der Waals surface area contributed by atoms with E-state index in [1.165, 1.54) is 35.3 Å². The van der Waals surface area contributed by atoms with Crippen LogP contribution in [-0.2, 0) is 0 Å². The van der Waals surface area contributed by atoms with Crippen molar-refractivity contribution in [3.05, 3.63) is 47.4 Å². The number of benzene rings is 1. The fourth-order valence-corrected chi connectivity index (χ4v) is 3.47. The molecule has 1 aromatic heterocycles. The van der Waals surface area contributed by atoms with E-state index in [4.69, 9.17) is 0 Å². The molecule has 0 spiro atoms. The van der Waals surface area contributed by atoms with Gasteiger partial charge in [-0.1, -0.05) is 17.7 Å². The van der Waals surface area contributed by atoms with Crippen LogP contribution in [-0.4, -0.2) is 36.1 Å². The minimum Gasteiger partial charge on any atom is -0.368 e. The van der Waals surface area contributed by atoms with E-state index in [1.54, 1.807) is 6.33 Å². The van der Waals surface area contributed by atoms with E-state index in [2.05, 4.69) is 57.9 Å². The lowest BCUT2D eigenvalue weighted by atomic mass is 10.1. The molecule has 0 bridgehead atoms. The first-order chi connectivity index (χ1) is 11.2. The predicted octanol–water partition coefficient (Wildman–Crippen LogP) is 3.30. The van der Waals surface area contributed by atoms with Crippen molar-refractivity contribution in [2.24, 2.45) is 0 Å². The SMILES string of the molecule is Cc1ccc(N2CCN(c3cc(C4CC4)ncn3)CC2)c(C)c1. The van der Waals surface area contributed by atoms with Crippen LogP contribution in [0.4, 0.5) is 11.5 Å². The maximum Gasteiger partial charge on any atom is 0.132 e. The zero-order valence-electron chi connectivity index (χ0n) is 14.0. The Morgan fingerprint density at radius 3 is 2.35 bits per heavy atom. The van der Waals surface area contributed by atoms with Crippen LogP contribution in [0.5, 0.6) is 0 Å². The van der Waals surface area contributed by atoms with Crippen LogP contribution in [0.1, 0.15) is 35.6 Å². The van der Waals surface area contributed by atoms with E-state index in [9.17, 15) is 0 Å². The quantitative estimate of drug-likeness (QED) is 0.871. The Morgan fingerprint density at radius 1 is 0.913 bits per heavy atom. The highest BCUT2D eigenvalue weighted by atomic mass is 15.3. The Balaban J connectivity index is 1.45. The Bertz CT molecular complexity index is 700. The summed E-state index contributed by atoms with van der Waals surface area (Å²) in [5.41, 5.74) is 5.30. The second kappa shape index (κ2) is 5.84. The summed E-state index contributed by atoms with van der Waals surface area (Å²) in [6, 6.07) is 8.94. The highest BCUT2D eigenvalue weighted by Crippen LogP contribution is 2.39. The van der Waals surface area contributed by atoms with Gasteiger partial charge in [-0.3, -0.25) is 0 Å². The molecule has 4 heteroatoms. The first-order valence-corrected chi connectivity index (χ1v) is 8.60. The van der Waals surface area contributed by atoms with Crippen molar-refractivity contribution in [2.45, 2.75) is 32.6 Å². The Morgan fingerprint density at radius 2 is 1.65 bits per heavy atom.